The molecule has 0 aliphatic heterocycles. The second kappa shape index (κ2) is 7.98. The van der Waals surface area contributed by atoms with Gasteiger partial charge in [0.25, 0.3) is 0 Å². The Labute approximate surface area is 125 Å². The molecule has 1 heterocycles. The maximum absolute atomic E-state index is 10.7. The Morgan fingerprint density at radius 3 is 2.81 bits per heavy atom. The number of nitrogens with zero attached hydrogens (tertiary/aromatic N) is 1. The molecule has 1 aromatic heterocycles. The summed E-state index contributed by atoms with van der Waals surface area (Å²) in [6.07, 6.45) is 9.38. The van der Waals surface area contributed by atoms with Crippen LogP contribution in [0.5, 0.6) is 0 Å². The maximum atomic E-state index is 10.7. The Kier molecular flexibility index (Phi) is 5.99. The summed E-state index contributed by atoms with van der Waals surface area (Å²) in [5.41, 5.74) is 1.31. The first-order chi connectivity index (χ1) is 10.2. The molecule has 1 N–H and O–H groups in total. The van der Waals surface area contributed by atoms with Crippen LogP contribution in [-0.4, -0.2) is 18.0 Å². The summed E-state index contributed by atoms with van der Waals surface area (Å²) in [5, 5.41) is 14.1. The van der Waals surface area contributed by atoms with Crippen LogP contribution in [0.15, 0.2) is 22.1 Å². The molecule has 0 unspecified atom stereocenters. The van der Waals surface area contributed by atoms with Crippen molar-refractivity contribution in [3.05, 3.63) is 33.6 Å². The zero-order valence-electron chi connectivity index (χ0n) is 12.6. The minimum absolute atomic E-state index is 0.189. The van der Waals surface area contributed by atoms with E-state index in [1.165, 1.54) is 43.7 Å². The van der Waals surface area contributed by atoms with E-state index in [0.29, 0.717) is 11.7 Å². The third-order valence-electron chi connectivity index (χ3n) is 4.01. The normalized spacial score (nSPS) is 17.1. The lowest BCUT2D eigenvalue weighted by Gasteiger charge is -2.24. The molecule has 21 heavy (non-hydrogen) atoms. The molecule has 1 fully saturated rings. The highest BCUT2D eigenvalue weighted by molar-refractivity contribution is 5.50. The van der Waals surface area contributed by atoms with Gasteiger partial charge in [0, 0.05) is 6.54 Å². The number of hydrogen-bond donors (Lipinski definition) is 1. The van der Waals surface area contributed by atoms with Gasteiger partial charge in [0.1, 0.15) is 10.7 Å². The van der Waals surface area contributed by atoms with E-state index in [0.717, 1.165) is 19.5 Å². The van der Waals surface area contributed by atoms with Crippen LogP contribution >= 0.6 is 0 Å². The van der Waals surface area contributed by atoms with Crippen molar-refractivity contribution < 1.29 is 9.34 Å². The molecule has 0 aromatic carbocycles. The summed E-state index contributed by atoms with van der Waals surface area (Å²) in [7, 11) is 0. The zero-order chi connectivity index (χ0) is 15.1. The van der Waals surface area contributed by atoms with Gasteiger partial charge in [0.2, 0.25) is 0 Å². The number of nitrogens with one attached hydrogen (secondary N) is 1. The highest BCUT2D eigenvalue weighted by atomic mass is 16.6. The van der Waals surface area contributed by atoms with Crippen molar-refractivity contribution in [2.75, 3.05) is 13.1 Å². The van der Waals surface area contributed by atoms with E-state index >= 15 is 0 Å². The number of hydrogen-bond acceptors (Lipinski definition) is 4. The topological polar surface area (TPSA) is 68.3 Å². The number of furan rings is 1. The molecule has 0 amide bonds. The highest BCUT2D eigenvalue weighted by Gasteiger charge is 2.19. The van der Waals surface area contributed by atoms with E-state index in [9.17, 15) is 10.1 Å². The Balaban J connectivity index is 2.11. The molecule has 0 spiro atoms. The van der Waals surface area contributed by atoms with E-state index in [-0.39, 0.29) is 5.88 Å². The Hall–Kier alpha value is -1.62. The van der Waals surface area contributed by atoms with E-state index in [1.807, 2.05) is 6.08 Å². The lowest BCUT2D eigenvalue weighted by molar-refractivity contribution is -0.402. The predicted molar refractivity (Wildman–Crippen MR) is 83.1 cm³/mol. The molecule has 1 aromatic rings. The Morgan fingerprint density at radius 1 is 1.43 bits per heavy atom. The smallest absolute Gasteiger partial charge is 0.401 e. The van der Waals surface area contributed by atoms with Crippen molar-refractivity contribution in [2.45, 2.75) is 45.4 Å². The van der Waals surface area contributed by atoms with Crippen molar-refractivity contribution in [3.8, 4) is 0 Å². The van der Waals surface area contributed by atoms with Crippen LogP contribution in [0.4, 0.5) is 5.88 Å². The third-order valence-corrected chi connectivity index (χ3v) is 4.01. The zero-order valence-corrected chi connectivity index (χ0v) is 12.6. The van der Waals surface area contributed by atoms with Gasteiger partial charge in [0.15, 0.2) is 0 Å². The lowest BCUT2D eigenvalue weighted by atomic mass is 9.83. The molecule has 116 valence electrons. The van der Waals surface area contributed by atoms with E-state index < -0.39 is 4.92 Å². The Morgan fingerprint density at radius 2 is 2.19 bits per heavy atom. The van der Waals surface area contributed by atoms with E-state index in [4.69, 9.17) is 4.42 Å². The highest BCUT2D eigenvalue weighted by Crippen LogP contribution is 2.31. The van der Waals surface area contributed by atoms with Gasteiger partial charge in [-0.25, -0.2) is 0 Å². The molecular formula is C16H24N2O3. The van der Waals surface area contributed by atoms with Crippen LogP contribution in [-0.2, 0) is 0 Å². The Bertz CT molecular complexity index is 487. The van der Waals surface area contributed by atoms with Crippen LogP contribution in [0.3, 0.4) is 0 Å². The van der Waals surface area contributed by atoms with Crippen LogP contribution in [0.25, 0.3) is 6.08 Å². The maximum Gasteiger partial charge on any atom is 0.433 e. The van der Waals surface area contributed by atoms with Crippen LogP contribution < -0.4 is 5.32 Å². The molecule has 5 heteroatoms. The molecule has 1 aliphatic carbocycles. The van der Waals surface area contributed by atoms with Gasteiger partial charge in [0.05, 0.1) is 6.07 Å². The average Bonchev–Trinajstić information content (AvgIpc) is 2.96. The van der Waals surface area contributed by atoms with Gasteiger partial charge in [-0.2, -0.15) is 0 Å². The van der Waals surface area contributed by atoms with Gasteiger partial charge in [-0.3, -0.25) is 10.1 Å². The van der Waals surface area contributed by atoms with Gasteiger partial charge in [-0.15, -0.1) is 0 Å². The van der Waals surface area contributed by atoms with Crippen molar-refractivity contribution >= 4 is 12.0 Å². The standard InChI is InChI=1S/C16H24N2O3/c1-2-10-17-12-14(13-6-4-3-5-7-13)11-15-8-9-16(21-15)18(19)20/h8-9,11,13,17H,2-7,10,12H2,1H3/b14-11-. The van der Waals surface area contributed by atoms with Crippen molar-refractivity contribution in [3.63, 3.8) is 0 Å². The van der Waals surface area contributed by atoms with Crippen LogP contribution in [0.2, 0.25) is 0 Å². The first-order valence-electron chi connectivity index (χ1n) is 7.86. The molecule has 1 saturated carbocycles. The second-order valence-electron chi connectivity index (χ2n) is 5.66. The third kappa shape index (κ3) is 4.70. The summed E-state index contributed by atoms with van der Waals surface area (Å²) in [6, 6.07) is 3.10. The average molecular weight is 292 g/mol. The molecule has 5 nitrogen and oxygen atoms in total. The largest absolute Gasteiger partial charge is 0.433 e. The predicted octanol–water partition coefficient (Wildman–Crippen LogP) is 4.15. The summed E-state index contributed by atoms with van der Waals surface area (Å²) < 4.78 is 5.27. The van der Waals surface area contributed by atoms with Crippen molar-refractivity contribution in [1.29, 1.82) is 0 Å². The first kappa shape index (κ1) is 15.8. The molecular weight excluding hydrogens is 268 g/mol. The summed E-state index contributed by atoms with van der Waals surface area (Å²) in [6.45, 7) is 3.97. The van der Waals surface area contributed by atoms with E-state index in [2.05, 4.69) is 12.2 Å². The fraction of sp³-hybridized carbons (Fsp3) is 0.625. The quantitative estimate of drug-likeness (QED) is 0.465. The number of rotatable bonds is 7. The van der Waals surface area contributed by atoms with Crippen molar-refractivity contribution in [1.82, 2.24) is 5.32 Å². The van der Waals surface area contributed by atoms with Gasteiger partial charge >= 0.3 is 5.88 Å². The van der Waals surface area contributed by atoms with Gasteiger partial charge in [-0.05, 0) is 49.4 Å². The number of nitro groups is 1. The second-order valence-corrected chi connectivity index (χ2v) is 5.66. The minimum atomic E-state index is -0.493. The molecule has 0 atom stereocenters. The summed E-state index contributed by atoms with van der Waals surface area (Å²) in [4.78, 5) is 10.2. The monoisotopic (exact) mass is 292 g/mol. The lowest BCUT2D eigenvalue weighted by Crippen LogP contribution is -2.22. The molecule has 0 bridgehead atoms. The minimum Gasteiger partial charge on any atom is -0.401 e. The van der Waals surface area contributed by atoms with Crippen LogP contribution in [0, 0.1) is 16.0 Å². The first-order valence-corrected chi connectivity index (χ1v) is 7.86. The van der Waals surface area contributed by atoms with E-state index in [1.54, 1.807) is 6.07 Å². The molecule has 0 radical (unpaired) electrons. The van der Waals surface area contributed by atoms with Gasteiger partial charge in [-0.1, -0.05) is 26.2 Å². The molecule has 2 rings (SSSR count). The summed E-state index contributed by atoms with van der Waals surface area (Å²) >= 11 is 0. The summed E-state index contributed by atoms with van der Waals surface area (Å²) in [5.74, 6) is 0.971. The van der Waals surface area contributed by atoms with Crippen LogP contribution in [0.1, 0.15) is 51.2 Å². The van der Waals surface area contributed by atoms with Crippen molar-refractivity contribution in [2.24, 2.45) is 5.92 Å². The molecule has 0 saturated heterocycles. The van der Waals surface area contributed by atoms with Gasteiger partial charge < -0.3 is 9.73 Å². The fourth-order valence-corrected chi connectivity index (χ4v) is 2.90. The fourth-order valence-electron chi connectivity index (χ4n) is 2.90. The molecule has 1 aliphatic rings. The SMILES string of the molecule is CCCNC/C(=C/c1ccc([N+](=O)[O-])o1)C1CCCCC1.